The zero-order valence-corrected chi connectivity index (χ0v) is 13.4. The summed E-state index contributed by atoms with van der Waals surface area (Å²) in [6.45, 7) is 3.60. The molecule has 0 aliphatic carbocycles. The van der Waals surface area contributed by atoms with Gasteiger partial charge in [0.2, 0.25) is 5.91 Å². The third-order valence-corrected chi connectivity index (χ3v) is 4.89. The van der Waals surface area contributed by atoms with E-state index in [1.54, 1.807) is 0 Å². The van der Waals surface area contributed by atoms with Gasteiger partial charge in [0.15, 0.2) is 0 Å². The molecule has 22 heavy (non-hydrogen) atoms. The van der Waals surface area contributed by atoms with Crippen molar-refractivity contribution < 1.29 is 9.53 Å². The number of fused-ring (bicyclic) bond motifs is 4. The molecule has 4 heteroatoms. The average molecular weight is 302 g/mol. The summed E-state index contributed by atoms with van der Waals surface area (Å²) in [4.78, 5) is 17.0. The van der Waals surface area contributed by atoms with Crippen molar-refractivity contribution in [2.24, 2.45) is 5.92 Å². The van der Waals surface area contributed by atoms with Crippen LogP contribution in [0.4, 0.5) is 0 Å². The van der Waals surface area contributed by atoms with Crippen LogP contribution in [0.5, 0.6) is 5.75 Å². The van der Waals surface area contributed by atoms with Gasteiger partial charge in [0.1, 0.15) is 5.75 Å². The van der Waals surface area contributed by atoms with E-state index in [0.717, 1.165) is 31.8 Å². The lowest BCUT2D eigenvalue weighted by atomic mass is 9.96. The fourth-order valence-corrected chi connectivity index (χ4v) is 3.61. The fraction of sp³-hybridized carbons (Fsp3) is 0.611. The van der Waals surface area contributed by atoms with Gasteiger partial charge in [-0.3, -0.25) is 4.79 Å². The van der Waals surface area contributed by atoms with Crippen molar-refractivity contribution in [3.8, 4) is 5.75 Å². The van der Waals surface area contributed by atoms with Gasteiger partial charge in [-0.2, -0.15) is 0 Å². The first-order valence-corrected chi connectivity index (χ1v) is 8.38. The molecule has 1 aromatic rings. The quantitative estimate of drug-likeness (QED) is 0.783. The van der Waals surface area contributed by atoms with E-state index in [1.165, 1.54) is 12.8 Å². The number of hydrogen-bond donors (Lipinski definition) is 0. The van der Waals surface area contributed by atoms with Crippen molar-refractivity contribution in [1.29, 1.82) is 0 Å². The van der Waals surface area contributed by atoms with Gasteiger partial charge in [0.25, 0.3) is 0 Å². The third-order valence-electron chi connectivity index (χ3n) is 4.89. The summed E-state index contributed by atoms with van der Waals surface area (Å²) in [5.74, 6) is 1.83. The molecule has 4 nitrogen and oxygen atoms in total. The van der Waals surface area contributed by atoms with Crippen LogP contribution in [0.15, 0.2) is 30.3 Å². The Kier molecular flexibility index (Phi) is 4.98. The highest BCUT2D eigenvalue weighted by atomic mass is 16.5. The van der Waals surface area contributed by atoms with Crippen molar-refractivity contribution in [1.82, 2.24) is 9.80 Å². The maximum Gasteiger partial charge on any atom is 0.222 e. The molecule has 1 aromatic carbocycles. The van der Waals surface area contributed by atoms with E-state index in [4.69, 9.17) is 4.74 Å². The Balaban J connectivity index is 1.42. The van der Waals surface area contributed by atoms with Crippen molar-refractivity contribution >= 4 is 5.91 Å². The maximum atomic E-state index is 12.4. The zero-order valence-electron chi connectivity index (χ0n) is 13.4. The molecule has 2 unspecified atom stereocenters. The van der Waals surface area contributed by atoms with Gasteiger partial charge in [0.05, 0.1) is 6.61 Å². The van der Waals surface area contributed by atoms with Crippen LogP contribution in [0.1, 0.15) is 25.7 Å². The van der Waals surface area contributed by atoms with Gasteiger partial charge in [-0.05, 0) is 44.4 Å². The number of amides is 1. The Hall–Kier alpha value is -1.55. The molecule has 2 bridgehead atoms. The van der Waals surface area contributed by atoms with Gasteiger partial charge >= 0.3 is 0 Å². The lowest BCUT2D eigenvalue weighted by Gasteiger charge is -2.32. The molecule has 0 radical (unpaired) electrons. The molecule has 3 saturated heterocycles. The van der Waals surface area contributed by atoms with Crippen molar-refractivity contribution in [2.75, 3.05) is 33.3 Å². The summed E-state index contributed by atoms with van der Waals surface area (Å²) in [6.07, 6.45) is 3.89. The van der Waals surface area contributed by atoms with Crippen LogP contribution in [0.3, 0.4) is 0 Å². The maximum absolute atomic E-state index is 12.4. The van der Waals surface area contributed by atoms with Crippen LogP contribution in [-0.4, -0.2) is 55.0 Å². The number of benzene rings is 1. The molecule has 0 N–H and O–H groups in total. The van der Waals surface area contributed by atoms with Crippen molar-refractivity contribution in [2.45, 2.75) is 31.7 Å². The molecule has 0 saturated carbocycles. The van der Waals surface area contributed by atoms with E-state index in [9.17, 15) is 4.79 Å². The van der Waals surface area contributed by atoms with Crippen LogP contribution >= 0.6 is 0 Å². The SMILES string of the molecule is CN1CC2CCC1CN(C(=O)CCCOc1ccccc1)C2. The molecular formula is C18H26N2O2. The fourth-order valence-electron chi connectivity index (χ4n) is 3.61. The Morgan fingerprint density at radius 1 is 1.18 bits per heavy atom. The molecule has 1 amide bonds. The lowest BCUT2D eigenvalue weighted by molar-refractivity contribution is -0.131. The second-order valence-corrected chi connectivity index (χ2v) is 6.60. The Labute approximate surface area is 133 Å². The Bertz CT molecular complexity index is 491. The topological polar surface area (TPSA) is 32.8 Å². The third kappa shape index (κ3) is 3.80. The first-order chi connectivity index (χ1) is 10.7. The minimum atomic E-state index is 0.295. The number of piperidine rings is 1. The Morgan fingerprint density at radius 3 is 2.77 bits per heavy atom. The molecule has 3 heterocycles. The normalized spacial score (nSPS) is 25.0. The first kappa shape index (κ1) is 15.3. The molecule has 3 aliphatic rings. The van der Waals surface area contributed by atoms with Crippen molar-refractivity contribution in [3.05, 3.63) is 30.3 Å². The molecule has 120 valence electrons. The second-order valence-electron chi connectivity index (χ2n) is 6.60. The molecule has 3 fully saturated rings. The summed E-state index contributed by atoms with van der Waals surface area (Å²) in [6, 6.07) is 10.4. The molecule has 0 spiro atoms. The number of carbonyl (C=O) groups is 1. The van der Waals surface area contributed by atoms with Crippen LogP contribution in [0.25, 0.3) is 0 Å². The summed E-state index contributed by atoms with van der Waals surface area (Å²) in [5.41, 5.74) is 0. The number of rotatable bonds is 5. The minimum Gasteiger partial charge on any atom is -0.494 e. The van der Waals surface area contributed by atoms with Gasteiger partial charge in [-0.25, -0.2) is 0 Å². The number of likely N-dealkylation sites (N-methyl/N-ethyl adjacent to an activating group) is 1. The van der Waals surface area contributed by atoms with Crippen LogP contribution in [-0.2, 0) is 4.79 Å². The highest BCUT2D eigenvalue weighted by molar-refractivity contribution is 5.76. The second kappa shape index (κ2) is 7.14. The van der Waals surface area contributed by atoms with Crippen LogP contribution in [0, 0.1) is 5.92 Å². The molecule has 3 aliphatic heterocycles. The van der Waals surface area contributed by atoms with Crippen molar-refractivity contribution in [3.63, 3.8) is 0 Å². The smallest absolute Gasteiger partial charge is 0.222 e. The summed E-state index contributed by atoms with van der Waals surface area (Å²) in [7, 11) is 2.19. The van der Waals surface area contributed by atoms with Crippen LogP contribution in [0.2, 0.25) is 0 Å². The van der Waals surface area contributed by atoms with Gasteiger partial charge in [-0.1, -0.05) is 18.2 Å². The highest BCUT2D eigenvalue weighted by Gasteiger charge is 2.34. The van der Waals surface area contributed by atoms with E-state index < -0.39 is 0 Å². The van der Waals surface area contributed by atoms with E-state index >= 15 is 0 Å². The van der Waals surface area contributed by atoms with Gasteiger partial charge in [0, 0.05) is 32.1 Å². The number of nitrogens with zero attached hydrogens (tertiary/aromatic N) is 2. The number of para-hydroxylation sites is 1. The zero-order chi connectivity index (χ0) is 15.4. The summed E-state index contributed by atoms with van der Waals surface area (Å²) in [5, 5.41) is 0. The molecular weight excluding hydrogens is 276 g/mol. The Morgan fingerprint density at radius 2 is 2.00 bits per heavy atom. The largest absolute Gasteiger partial charge is 0.494 e. The number of hydrogen-bond acceptors (Lipinski definition) is 3. The van der Waals surface area contributed by atoms with Gasteiger partial charge < -0.3 is 14.5 Å². The predicted molar refractivity (Wildman–Crippen MR) is 86.9 cm³/mol. The number of carbonyl (C=O) groups excluding carboxylic acids is 1. The lowest BCUT2D eigenvalue weighted by Crippen LogP contribution is -2.41. The molecule has 0 aromatic heterocycles. The standard InChI is InChI=1S/C18H26N2O2/c1-19-12-15-9-10-16(19)14-20(13-15)18(21)8-5-11-22-17-6-3-2-4-7-17/h2-4,6-7,15-16H,5,8-14H2,1H3. The summed E-state index contributed by atoms with van der Waals surface area (Å²) >= 11 is 0. The molecule has 4 rings (SSSR count). The van der Waals surface area contributed by atoms with Gasteiger partial charge in [-0.15, -0.1) is 0 Å². The molecule has 2 atom stereocenters. The summed E-state index contributed by atoms with van der Waals surface area (Å²) < 4.78 is 5.66. The van der Waals surface area contributed by atoms with Crippen LogP contribution < -0.4 is 4.74 Å². The average Bonchev–Trinajstić information content (AvgIpc) is 2.84. The monoisotopic (exact) mass is 302 g/mol. The number of ether oxygens (including phenoxy) is 1. The predicted octanol–water partition coefficient (Wildman–Crippen LogP) is 2.40. The highest BCUT2D eigenvalue weighted by Crippen LogP contribution is 2.27. The van der Waals surface area contributed by atoms with E-state index in [2.05, 4.69) is 16.8 Å². The van der Waals surface area contributed by atoms with E-state index in [1.807, 2.05) is 30.3 Å². The van der Waals surface area contributed by atoms with E-state index in [0.29, 0.717) is 30.9 Å². The minimum absolute atomic E-state index is 0.295. The van der Waals surface area contributed by atoms with E-state index in [-0.39, 0.29) is 0 Å². The first-order valence-electron chi connectivity index (χ1n) is 8.38.